The minimum Gasteiger partial charge on any atom is -0.458 e. The lowest BCUT2D eigenvalue weighted by Crippen LogP contribution is -2.41. The molecular weight excluding hydrogens is 428 g/mol. The maximum Gasteiger partial charge on any atom is 0.325 e. The van der Waals surface area contributed by atoms with Crippen LogP contribution in [0.5, 0.6) is 0 Å². The molecule has 1 saturated heterocycles. The normalized spacial score (nSPS) is 19.1. The summed E-state index contributed by atoms with van der Waals surface area (Å²) in [5, 5.41) is 6.00. The van der Waals surface area contributed by atoms with E-state index in [0.717, 1.165) is 14.8 Å². The zero-order valence-corrected chi connectivity index (χ0v) is 16.3. The van der Waals surface area contributed by atoms with Crippen LogP contribution in [0.3, 0.4) is 0 Å². The molecule has 4 amide bonds. The number of imide groups is 1. The van der Waals surface area contributed by atoms with E-state index in [2.05, 4.69) is 31.5 Å². The molecule has 0 aliphatic carbocycles. The lowest BCUT2D eigenvalue weighted by molar-refractivity contribution is -0.134. The minimum absolute atomic E-state index is 0.310. The van der Waals surface area contributed by atoms with E-state index in [1.165, 1.54) is 6.20 Å². The van der Waals surface area contributed by atoms with Crippen LogP contribution in [0.2, 0.25) is 0 Å². The molecule has 2 aromatic heterocycles. The van der Waals surface area contributed by atoms with Crippen molar-refractivity contribution in [3.63, 3.8) is 0 Å². The van der Waals surface area contributed by atoms with Crippen molar-refractivity contribution in [2.75, 3.05) is 11.9 Å². The average Bonchev–Trinajstić information content (AvgIpc) is 3.20. The Morgan fingerprint density at radius 3 is 2.79 bits per heavy atom. The van der Waals surface area contributed by atoms with Crippen LogP contribution in [-0.4, -0.2) is 34.3 Å². The molecule has 1 aromatic carbocycles. The molecule has 1 fully saturated rings. The molecule has 28 heavy (non-hydrogen) atoms. The molecule has 9 heteroatoms. The Balaban J connectivity index is 1.53. The average molecular weight is 443 g/mol. The highest BCUT2D eigenvalue weighted by molar-refractivity contribution is 9.10. The van der Waals surface area contributed by atoms with Crippen LogP contribution in [0, 0.1) is 0 Å². The van der Waals surface area contributed by atoms with Gasteiger partial charge in [0.05, 0.1) is 0 Å². The van der Waals surface area contributed by atoms with Crippen molar-refractivity contribution in [2.45, 2.75) is 12.5 Å². The third-order valence-electron chi connectivity index (χ3n) is 4.49. The van der Waals surface area contributed by atoms with Crippen molar-refractivity contribution in [1.29, 1.82) is 0 Å². The van der Waals surface area contributed by atoms with E-state index >= 15 is 0 Å². The largest absolute Gasteiger partial charge is 0.458 e. The number of amides is 4. The number of hydrogen-bond acceptors (Lipinski definition) is 5. The molecular formula is C19H15BrN4O4. The molecule has 2 N–H and O–H groups in total. The van der Waals surface area contributed by atoms with E-state index in [4.69, 9.17) is 4.42 Å². The Bertz CT molecular complexity index is 1060. The van der Waals surface area contributed by atoms with E-state index in [1.807, 2.05) is 18.2 Å². The lowest BCUT2D eigenvalue weighted by atomic mass is 9.99. The Kier molecular flexibility index (Phi) is 4.38. The lowest BCUT2D eigenvalue weighted by Gasteiger charge is -2.18. The third kappa shape index (κ3) is 3.13. The Labute approximate surface area is 168 Å². The van der Waals surface area contributed by atoms with Crippen molar-refractivity contribution in [3.8, 4) is 0 Å². The predicted molar refractivity (Wildman–Crippen MR) is 104 cm³/mol. The molecule has 8 nitrogen and oxygen atoms in total. The van der Waals surface area contributed by atoms with E-state index in [9.17, 15) is 14.4 Å². The highest BCUT2D eigenvalue weighted by Gasteiger charge is 2.51. The third-order valence-corrected chi connectivity index (χ3v) is 4.96. The van der Waals surface area contributed by atoms with Crippen LogP contribution in [0.4, 0.5) is 10.6 Å². The summed E-state index contributed by atoms with van der Waals surface area (Å²) >= 11 is 3.26. The number of halogens is 1. The number of pyridine rings is 1. The van der Waals surface area contributed by atoms with Gasteiger partial charge in [-0.1, -0.05) is 18.2 Å². The summed E-state index contributed by atoms with van der Waals surface area (Å²) in [6, 6.07) is 11.7. The van der Waals surface area contributed by atoms with E-state index in [0.29, 0.717) is 17.2 Å². The van der Waals surface area contributed by atoms with E-state index in [-0.39, 0.29) is 0 Å². The molecule has 4 rings (SSSR count). The van der Waals surface area contributed by atoms with Gasteiger partial charge >= 0.3 is 6.03 Å². The molecule has 3 aromatic rings. The van der Waals surface area contributed by atoms with Crippen LogP contribution in [-0.2, 0) is 15.1 Å². The van der Waals surface area contributed by atoms with Crippen molar-refractivity contribution in [2.24, 2.45) is 0 Å². The van der Waals surface area contributed by atoms with Crippen LogP contribution >= 0.6 is 15.9 Å². The smallest absolute Gasteiger partial charge is 0.325 e. The standard InChI is InChI=1S/C19H15BrN4O4/c1-19(14-8-11-4-2-3-5-13(11)28-14)17(26)24(18(27)23-19)10-16(25)22-15-7-6-12(20)9-21-15/h2-9H,10H2,1H3,(H,23,27)(H,21,22,25). The van der Waals surface area contributed by atoms with Gasteiger partial charge in [0.25, 0.3) is 5.91 Å². The number of carbonyl (C=O) groups is 3. The van der Waals surface area contributed by atoms with Gasteiger partial charge in [-0.15, -0.1) is 0 Å². The fourth-order valence-electron chi connectivity index (χ4n) is 3.01. The van der Waals surface area contributed by atoms with Gasteiger partial charge in [0.2, 0.25) is 5.91 Å². The van der Waals surface area contributed by atoms with Gasteiger partial charge in [-0.3, -0.25) is 14.5 Å². The Morgan fingerprint density at radius 2 is 2.07 bits per heavy atom. The van der Waals surface area contributed by atoms with E-state index < -0.39 is 29.9 Å². The first-order valence-corrected chi connectivity index (χ1v) is 9.21. The molecule has 0 saturated carbocycles. The molecule has 142 valence electrons. The molecule has 1 aliphatic heterocycles. The number of para-hydroxylation sites is 1. The molecule has 3 heterocycles. The second-order valence-corrected chi connectivity index (χ2v) is 7.42. The Hall–Kier alpha value is -3.20. The SMILES string of the molecule is CC1(c2cc3ccccc3o2)NC(=O)N(CC(=O)Nc2ccc(Br)cn2)C1=O. The number of fused-ring (bicyclic) bond motifs is 1. The second kappa shape index (κ2) is 6.75. The number of anilines is 1. The number of nitrogens with one attached hydrogen (secondary N) is 2. The summed E-state index contributed by atoms with van der Waals surface area (Å²) < 4.78 is 6.52. The highest BCUT2D eigenvalue weighted by Crippen LogP contribution is 2.32. The molecule has 1 aliphatic rings. The van der Waals surface area contributed by atoms with Crippen molar-refractivity contribution < 1.29 is 18.8 Å². The summed E-state index contributed by atoms with van der Waals surface area (Å²) in [7, 11) is 0. The predicted octanol–water partition coefficient (Wildman–Crippen LogP) is 3.00. The topological polar surface area (TPSA) is 105 Å². The second-order valence-electron chi connectivity index (χ2n) is 6.50. The highest BCUT2D eigenvalue weighted by atomic mass is 79.9. The molecule has 0 bridgehead atoms. The zero-order chi connectivity index (χ0) is 19.9. The molecule has 0 radical (unpaired) electrons. The maximum atomic E-state index is 12.9. The summed E-state index contributed by atoms with van der Waals surface area (Å²) in [5.74, 6) is -0.465. The number of furan rings is 1. The molecule has 1 unspecified atom stereocenters. The first-order valence-electron chi connectivity index (χ1n) is 8.41. The number of benzene rings is 1. The number of rotatable bonds is 4. The van der Waals surface area contributed by atoms with Gasteiger partial charge < -0.3 is 15.1 Å². The van der Waals surface area contributed by atoms with Crippen molar-refractivity contribution in [3.05, 3.63) is 58.9 Å². The van der Waals surface area contributed by atoms with Gasteiger partial charge in [0.15, 0.2) is 5.54 Å². The van der Waals surface area contributed by atoms with Gasteiger partial charge in [0.1, 0.15) is 23.7 Å². The fourth-order valence-corrected chi connectivity index (χ4v) is 3.25. The van der Waals surface area contributed by atoms with Gasteiger partial charge in [-0.05, 0) is 47.1 Å². The first-order chi connectivity index (χ1) is 13.4. The molecule has 0 spiro atoms. The quantitative estimate of drug-likeness (QED) is 0.604. The summed E-state index contributed by atoms with van der Waals surface area (Å²) in [6.45, 7) is 1.12. The number of aromatic nitrogens is 1. The monoisotopic (exact) mass is 442 g/mol. The van der Waals surface area contributed by atoms with Crippen LogP contribution < -0.4 is 10.6 Å². The number of urea groups is 1. The van der Waals surface area contributed by atoms with Crippen LogP contribution in [0.1, 0.15) is 12.7 Å². The Morgan fingerprint density at radius 1 is 1.29 bits per heavy atom. The van der Waals surface area contributed by atoms with Gasteiger partial charge in [0, 0.05) is 16.1 Å². The summed E-state index contributed by atoms with van der Waals surface area (Å²) in [4.78, 5) is 42.5. The van der Waals surface area contributed by atoms with Crippen molar-refractivity contribution >= 4 is 50.6 Å². The number of carbonyl (C=O) groups excluding carboxylic acids is 3. The van der Waals surface area contributed by atoms with Crippen molar-refractivity contribution in [1.82, 2.24) is 15.2 Å². The maximum absolute atomic E-state index is 12.9. The zero-order valence-electron chi connectivity index (χ0n) is 14.7. The van der Waals surface area contributed by atoms with Crippen LogP contribution in [0.15, 0.2) is 57.6 Å². The molecule has 1 atom stereocenters. The van der Waals surface area contributed by atoms with Gasteiger partial charge in [-0.2, -0.15) is 0 Å². The first kappa shape index (κ1) is 18.2. The number of nitrogens with zero attached hydrogens (tertiary/aromatic N) is 2. The summed E-state index contributed by atoms with van der Waals surface area (Å²) in [6.07, 6.45) is 1.53. The van der Waals surface area contributed by atoms with E-state index in [1.54, 1.807) is 31.2 Å². The van der Waals surface area contributed by atoms with Gasteiger partial charge in [-0.25, -0.2) is 9.78 Å². The number of hydrogen-bond donors (Lipinski definition) is 2. The summed E-state index contributed by atoms with van der Waals surface area (Å²) in [5.41, 5.74) is -0.773. The van der Waals surface area contributed by atoms with Crippen LogP contribution in [0.25, 0.3) is 11.0 Å². The minimum atomic E-state index is -1.38. The fraction of sp³-hybridized carbons (Fsp3) is 0.158.